The molecule has 0 bridgehead atoms. The molecule has 3 rings (SSSR count). The standard InChI is InChI=1S/C21H27NO5S2/c1-15-13-16(2)21(17(3)14-15)29(25,26)22-11-9-20(10-12-22)28(23,24)19-7-5-18(27-4)6-8-19/h5-8,13-14,20H,9-12H2,1-4H3. The molecule has 0 N–H and O–H groups in total. The summed E-state index contributed by atoms with van der Waals surface area (Å²) in [7, 11) is -5.66. The van der Waals surface area contributed by atoms with Crippen LogP contribution in [0.15, 0.2) is 46.2 Å². The van der Waals surface area contributed by atoms with E-state index in [0.717, 1.165) is 16.7 Å². The molecule has 1 aliphatic heterocycles. The molecule has 1 saturated heterocycles. The Kier molecular flexibility index (Phi) is 6.08. The molecule has 1 fully saturated rings. The van der Waals surface area contributed by atoms with Gasteiger partial charge in [-0.15, -0.1) is 0 Å². The molecule has 2 aromatic rings. The Morgan fingerprint density at radius 3 is 1.90 bits per heavy atom. The zero-order valence-electron chi connectivity index (χ0n) is 17.2. The van der Waals surface area contributed by atoms with Crippen LogP contribution in [0.1, 0.15) is 29.5 Å². The molecule has 8 heteroatoms. The van der Waals surface area contributed by atoms with E-state index in [1.54, 1.807) is 26.0 Å². The number of aryl methyl sites for hydroxylation is 3. The summed E-state index contributed by atoms with van der Waals surface area (Å²) in [5.41, 5.74) is 2.45. The third-order valence-corrected chi connectivity index (χ3v) is 9.91. The van der Waals surface area contributed by atoms with Gasteiger partial charge in [0.05, 0.1) is 22.2 Å². The molecule has 0 amide bonds. The highest BCUT2D eigenvalue weighted by atomic mass is 32.2. The molecule has 29 heavy (non-hydrogen) atoms. The van der Waals surface area contributed by atoms with Crippen molar-refractivity contribution in [1.29, 1.82) is 0 Å². The quantitative estimate of drug-likeness (QED) is 0.717. The minimum Gasteiger partial charge on any atom is -0.497 e. The van der Waals surface area contributed by atoms with E-state index in [1.807, 2.05) is 19.1 Å². The maximum absolute atomic E-state index is 13.2. The summed E-state index contributed by atoms with van der Waals surface area (Å²) in [5.74, 6) is 0.591. The van der Waals surface area contributed by atoms with Gasteiger partial charge in [-0.2, -0.15) is 4.31 Å². The van der Waals surface area contributed by atoms with Gasteiger partial charge in [0.15, 0.2) is 9.84 Å². The maximum Gasteiger partial charge on any atom is 0.243 e. The van der Waals surface area contributed by atoms with Gasteiger partial charge in [0.25, 0.3) is 0 Å². The molecule has 1 heterocycles. The van der Waals surface area contributed by atoms with Gasteiger partial charge in [0.2, 0.25) is 10.0 Å². The van der Waals surface area contributed by atoms with E-state index in [4.69, 9.17) is 4.74 Å². The van der Waals surface area contributed by atoms with E-state index >= 15 is 0 Å². The summed E-state index contributed by atoms with van der Waals surface area (Å²) in [6, 6.07) is 10.0. The lowest BCUT2D eigenvalue weighted by Crippen LogP contribution is -2.42. The van der Waals surface area contributed by atoms with Gasteiger partial charge in [-0.05, 0) is 69.0 Å². The van der Waals surface area contributed by atoms with Crippen LogP contribution < -0.4 is 4.74 Å². The lowest BCUT2D eigenvalue weighted by molar-refractivity contribution is 0.345. The monoisotopic (exact) mass is 437 g/mol. The number of nitrogens with zero attached hydrogens (tertiary/aromatic N) is 1. The highest BCUT2D eigenvalue weighted by Crippen LogP contribution is 2.31. The highest BCUT2D eigenvalue weighted by Gasteiger charge is 2.36. The first-order chi connectivity index (χ1) is 13.6. The lowest BCUT2D eigenvalue weighted by atomic mass is 10.1. The average molecular weight is 438 g/mol. The van der Waals surface area contributed by atoms with Crippen LogP contribution in [0.5, 0.6) is 5.75 Å². The Hall–Kier alpha value is -1.90. The molecule has 0 radical (unpaired) electrons. The van der Waals surface area contributed by atoms with Crippen molar-refractivity contribution >= 4 is 19.9 Å². The fourth-order valence-electron chi connectivity index (χ4n) is 4.04. The summed E-state index contributed by atoms with van der Waals surface area (Å²) in [4.78, 5) is 0.574. The van der Waals surface area contributed by atoms with E-state index in [1.165, 1.54) is 23.5 Å². The highest BCUT2D eigenvalue weighted by molar-refractivity contribution is 7.92. The van der Waals surface area contributed by atoms with Crippen molar-refractivity contribution in [3.05, 3.63) is 53.1 Å². The van der Waals surface area contributed by atoms with Crippen molar-refractivity contribution < 1.29 is 21.6 Å². The van der Waals surface area contributed by atoms with Gasteiger partial charge in [0.1, 0.15) is 5.75 Å². The minimum atomic E-state index is -3.66. The summed E-state index contributed by atoms with van der Waals surface area (Å²) < 4.78 is 58.8. The zero-order chi connectivity index (χ0) is 21.4. The van der Waals surface area contributed by atoms with E-state index in [9.17, 15) is 16.8 Å². The van der Waals surface area contributed by atoms with Gasteiger partial charge in [-0.25, -0.2) is 16.8 Å². The lowest BCUT2D eigenvalue weighted by Gasteiger charge is -2.31. The maximum atomic E-state index is 13.2. The van der Waals surface area contributed by atoms with Gasteiger partial charge in [-0.1, -0.05) is 17.7 Å². The van der Waals surface area contributed by atoms with Crippen LogP contribution in [0.25, 0.3) is 0 Å². The van der Waals surface area contributed by atoms with E-state index < -0.39 is 25.1 Å². The second-order valence-electron chi connectivity index (χ2n) is 7.55. The molecule has 1 aliphatic rings. The van der Waals surface area contributed by atoms with Crippen LogP contribution in [-0.2, 0) is 19.9 Å². The van der Waals surface area contributed by atoms with Crippen molar-refractivity contribution in [2.24, 2.45) is 0 Å². The zero-order valence-corrected chi connectivity index (χ0v) is 18.8. The van der Waals surface area contributed by atoms with Crippen LogP contribution in [0.2, 0.25) is 0 Å². The number of hydrogen-bond acceptors (Lipinski definition) is 5. The van der Waals surface area contributed by atoms with E-state index in [0.29, 0.717) is 10.6 Å². The van der Waals surface area contributed by atoms with Crippen LogP contribution in [-0.4, -0.2) is 46.6 Å². The van der Waals surface area contributed by atoms with Gasteiger partial charge in [0, 0.05) is 13.1 Å². The number of methoxy groups -OCH3 is 1. The molecule has 0 spiro atoms. The summed E-state index contributed by atoms with van der Waals surface area (Å²) in [5, 5.41) is -0.595. The minimum absolute atomic E-state index is 0.190. The number of rotatable bonds is 5. The van der Waals surface area contributed by atoms with Crippen LogP contribution in [0.3, 0.4) is 0 Å². The molecular formula is C21H27NO5S2. The third-order valence-electron chi connectivity index (χ3n) is 5.43. The number of sulfone groups is 1. The Labute approximate surface area is 173 Å². The van der Waals surface area contributed by atoms with Crippen LogP contribution in [0.4, 0.5) is 0 Å². The first-order valence-electron chi connectivity index (χ1n) is 9.53. The van der Waals surface area contributed by atoms with Crippen LogP contribution in [0, 0.1) is 20.8 Å². The Balaban J connectivity index is 1.79. The van der Waals surface area contributed by atoms with Gasteiger partial charge >= 0.3 is 0 Å². The second-order valence-corrected chi connectivity index (χ2v) is 11.7. The summed E-state index contributed by atoms with van der Waals surface area (Å²) in [6.07, 6.45) is 0.551. The molecule has 2 aromatic carbocycles. The first kappa shape index (κ1) is 21.8. The van der Waals surface area contributed by atoms with E-state index in [2.05, 4.69) is 0 Å². The molecule has 0 aromatic heterocycles. The van der Waals surface area contributed by atoms with Crippen molar-refractivity contribution in [3.8, 4) is 5.75 Å². The molecule has 6 nitrogen and oxygen atoms in total. The van der Waals surface area contributed by atoms with Crippen molar-refractivity contribution in [3.63, 3.8) is 0 Å². The third kappa shape index (κ3) is 4.20. The number of piperidine rings is 1. The number of ether oxygens (including phenoxy) is 1. The van der Waals surface area contributed by atoms with Gasteiger partial charge in [-0.3, -0.25) is 0 Å². The Morgan fingerprint density at radius 2 is 1.41 bits per heavy atom. The predicted octanol–water partition coefficient (Wildman–Crippen LogP) is 3.25. The predicted molar refractivity (Wildman–Crippen MR) is 113 cm³/mol. The van der Waals surface area contributed by atoms with Crippen molar-refractivity contribution in [2.45, 2.75) is 48.7 Å². The van der Waals surface area contributed by atoms with Gasteiger partial charge < -0.3 is 4.74 Å². The molecule has 0 unspecified atom stereocenters. The normalized spacial score (nSPS) is 16.7. The molecule has 0 saturated carbocycles. The topological polar surface area (TPSA) is 80.8 Å². The Bertz CT molecular complexity index is 1080. The average Bonchev–Trinajstić information content (AvgIpc) is 2.67. The molecule has 158 valence electrons. The fraction of sp³-hybridized carbons (Fsp3) is 0.429. The van der Waals surface area contributed by atoms with Crippen molar-refractivity contribution in [2.75, 3.05) is 20.2 Å². The first-order valence-corrected chi connectivity index (χ1v) is 12.5. The molecule has 0 atom stereocenters. The fourth-order valence-corrected chi connectivity index (χ4v) is 7.66. The largest absolute Gasteiger partial charge is 0.497 e. The van der Waals surface area contributed by atoms with Crippen molar-refractivity contribution in [1.82, 2.24) is 4.31 Å². The van der Waals surface area contributed by atoms with E-state index in [-0.39, 0.29) is 30.8 Å². The smallest absolute Gasteiger partial charge is 0.243 e. The molecule has 0 aliphatic carbocycles. The number of hydrogen-bond donors (Lipinski definition) is 0. The number of sulfonamides is 1. The SMILES string of the molecule is COc1ccc(S(=O)(=O)C2CCN(S(=O)(=O)c3c(C)cc(C)cc3C)CC2)cc1. The summed E-state index contributed by atoms with van der Waals surface area (Å²) >= 11 is 0. The number of benzene rings is 2. The second kappa shape index (κ2) is 8.08. The Morgan fingerprint density at radius 1 is 0.897 bits per heavy atom. The summed E-state index contributed by atoms with van der Waals surface area (Å²) in [6.45, 7) is 5.91. The molecular weight excluding hydrogens is 410 g/mol. The van der Waals surface area contributed by atoms with Crippen LogP contribution >= 0.6 is 0 Å².